The van der Waals surface area contributed by atoms with E-state index >= 15 is 0 Å². The van der Waals surface area contributed by atoms with Crippen molar-refractivity contribution in [3.8, 4) is 0 Å². The summed E-state index contributed by atoms with van der Waals surface area (Å²) in [5.41, 5.74) is 1.02. The standard InChI is InChI=1S/C16H15ClN4O3/c1-8(18-16-21-14(7-24-16)19-9(2)22)12-6-10-5-11(17)3-4-13(10)20-15(12)23/h3-8H,1-2H3,(H,18,21)(H,19,22)(H,20,23)/t8-/m0/s1. The number of hydrogen-bond acceptors (Lipinski definition) is 5. The van der Waals surface area contributed by atoms with Gasteiger partial charge in [0.1, 0.15) is 6.26 Å². The number of carbonyl (C=O) groups is 1. The van der Waals surface area contributed by atoms with Gasteiger partial charge in [0.2, 0.25) is 5.91 Å². The molecule has 2 heterocycles. The molecule has 0 bridgehead atoms. The Morgan fingerprint density at radius 2 is 2.17 bits per heavy atom. The van der Waals surface area contributed by atoms with Gasteiger partial charge in [-0.1, -0.05) is 11.6 Å². The number of carbonyl (C=O) groups excluding carboxylic acids is 1. The van der Waals surface area contributed by atoms with E-state index in [-0.39, 0.29) is 23.5 Å². The lowest BCUT2D eigenvalue weighted by Gasteiger charge is -2.12. The summed E-state index contributed by atoms with van der Waals surface area (Å²) in [6.45, 7) is 3.19. The van der Waals surface area contributed by atoms with Crippen molar-refractivity contribution in [2.75, 3.05) is 10.6 Å². The van der Waals surface area contributed by atoms with Crippen LogP contribution in [0.5, 0.6) is 0 Å². The lowest BCUT2D eigenvalue weighted by Crippen LogP contribution is -2.19. The second kappa shape index (κ2) is 6.37. The van der Waals surface area contributed by atoms with Gasteiger partial charge in [-0.25, -0.2) is 0 Å². The molecule has 0 unspecified atom stereocenters. The molecule has 3 aromatic rings. The van der Waals surface area contributed by atoms with Gasteiger partial charge in [-0.05, 0) is 31.2 Å². The van der Waals surface area contributed by atoms with E-state index in [0.717, 1.165) is 5.39 Å². The third-order valence-corrected chi connectivity index (χ3v) is 3.68. The van der Waals surface area contributed by atoms with Crippen molar-refractivity contribution >= 4 is 40.2 Å². The molecule has 8 heteroatoms. The average Bonchev–Trinajstić information content (AvgIpc) is 2.93. The minimum atomic E-state index is -0.360. The van der Waals surface area contributed by atoms with Crippen molar-refractivity contribution in [1.82, 2.24) is 9.97 Å². The van der Waals surface area contributed by atoms with Crippen molar-refractivity contribution in [1.29, 1.82) is 0 Å². The van der Waals surface area contributed by atoms with Crippen LogP contribution in [-0.2, 0) is 4.79 Å². The number of aromatic amines is 1. The molecule has 0 aliphatic heterocycles. The van der Waals surface area contributed by atoms with E-state index in [4.69, 9.17) is 16.0 Å². The van der Waals surface area contributed by atoms with Crippen LogP contribution in [-0.4, -0.2) is 15.9 Å². The number of rotatable bonds is 4. The maximum Gasteiger partial charge on any atom is 0.297 e. The summed E-state index contributed by atoms with van der Waals surface area (Å²) in [5.74, 6) is 0.0575. The normalized spacial score (nSPS) is 12.1. The molecule has 1 amide bonds. The van der Waals surface area contributed by atoms with Crippen molar-refractivity contribution in [3.63, 3.8) is 0 Å². The average molecular weight is 347 g/mol. The molecule has 1 atom stereocenters. The predicted octanol–water partition coefficient (Wildman–Crippen LogP) is 3.30. The minimum Gasteiger partial charge on any atom is -0.430 e. The van der Waals surface area contributed by atoms with Crippen LogP contribution in [0.1, 0.15) is 25.5 Å². The molecular formula is C16H15ClN4O3. The van der Waals surface area contributed by atoms with Crippen molar-refractivity contribution in [2.45, 2.75) is 19.9 Å². The van der Waals surface area contributed by atoms with E-state index in [1.165, 1.54) is 13.2 Å². The zero-order valence-corrected chi connectivity index (χ0v) is 13.8. The number of oxazole rings is 1. The highest BCUT2D eigenvalue weighted by Gasteiger charge is 2.14. The van der Waals surface area contributed by atoms with Gasteiger partial charge in [0.05, 0.1) is 6.04 Å². The van der Waals surface area contributed by atoms with Crippen LogP contribution >= 0.6 is 11.6 Å². The van der Waals surface area contributed by atoms with Gasteiger partial charge in [0.25, 0.3) is 11.6 Å². The highest BCUT2D eigenvalue weighted by molar-refractivity contribution is 6.31. The zero-order valence-electron chi connectivity index (χ0n) is 13.0. The summed E-state index contributed by atoms with van der Waals surface area (Å²) in [6, 6.07) is 6.88. The molecule has 1 aromatic carbocycles. The van der Waals surface area contributed by atoms with E-state index < -0.39 is 0 Å². The Morgan fingerprint density at radius 1 is 1.38 bits per heavy atom. The Labute approximate surface area is 142 Å². The van der Waals surface area contributed by atoms with Crippen LogP contribution in [0.3, 0.4) is 0 Å². The van der Waals surface area contributed by atoms with Gasteiger partial charge in [-0.15, -0.1) is 0 Å². The number of H-pyrrole nitrogens is 1. The number of nitrogens with one attached hydrogen (secondary N) is 3. The number of amides is 1. The Hall–Kier alpha value is -2.80. The van der Waals surface area contributed by atoms with Crippen LogP contribution in [0.4, 0.5) is 11.8 Å². The fourth-order valence-electron chi connectivity index (χ4n) is 2.36. The van der Waals surface area contributed by atoms with E-state index in [1.807, 2.05) is 6.92 Å². The molecular weight excluding hydrogens is 332 g/mol. The maximum absolute atomic E-state index is 12.3. The van der Waals surface area contributed by atoms with Crippen LogP contribution < -0.4 is 16.2 Å². The number of anilines is 2. The summed E-state index contributed by atoms with van der Waals surface area (Å²) in [5, 5.41) is 6.93. The van der Waals surface area contributed by atoms with Gasteiger partial charge in [-0.2, -0.15) is 4.98 Å². The molecule has 3 rings (SSSR count). The molecule has 124 valence electrons. The second-order valence-electron chi connectivity index (χ2n) is 5.37. The molecule has 0 aliphatic carbocycles. The van der Waals surface area contributed by atoms with Crippen molar-refractivity contribution < 1.29 is 9.21 Å². The highest BCUT2D eigenvalue weighted by atomic mass is 35.5. The van der Waals surface area contributed by atoms with Gasteiger partial charge < -0.3 is 20.0 Å². The van der Waals surface area contributed by atoms with Crippen LogP contribution in [0.2, 0.25) is 5.02 Å². The summed E-state index contributed by atoms with van der Waals surface area (Å²) in [6.07, 6.45) is 1.32. The molecule has 0 aliphatic rings. The zero-order chi connectivity index (χ0) is 17.3. The number of aromatic nitrogens is 2. The fraction of sp³-hybridized carbons (Fsp3) is 0.188. The van der Waals surface area contributed by atoms with E-state index in [1.54, 1.807) is 24.3 Å². The summed E-state index contributed by atoms with van der Waals surface area (Å²) in [7, 11) is 0. The Bertz CT molecular complexity index is 963. The third-order valence-electron chi connectivity index (χ3n) is 3.45. The summed E-state index contributed by atoms with van der Waals surface area (Å²) < 4.78 is 5.23. The molecule has 0 saturated heterocycles. The smallest absolute Gasteiger partial charge is 0.297 e. The minimum absolute atomic E-state index is 0.205. The number of hydrogen-bond donors (Lipinski definition) is 3. The molecule has 7 nitrogen and oxygen atoms in total. The topological polar surface area (TPSA) is 100 Å². The van der Waals surface area contributed by atoms with Crippen molar-refractivity contribution in [2.24, 2.45) is 0 Å². The van der Waals surface area contributed by atoms with Crippen LogP contribution in [0.15, 0.2) is 39.7 Å². The molecule has 0 saturated carbocycles. The quantitative estimate of drug-likeness (QED) is 0.673. The monoisotopic (exact) mass is 346 g/mol. The SMILES string of the molecule is CC(=O)Nc1coc(N[C@@H](C)c2cc3cc(Cl)ccc3[nH]c2=O)n1. The van der Waals surface area contributed by atoms with Crippen molar-refractivity contribution in [3.05, 3.63) is 51.5 Å². The molecule has 2 aromatic heterocycles. The largest absolute Gasteiger partial charge is 0.430 e. The lowest BCUT2D eigenvalue weighted by molar-refractivity contribution is -0.114. The first-order valence-electron chi connectivity index (χ1n) is 7.24. The summed E-state index contributed by atoms with van der Waals surface area (Å²) >= 11 is 6.00. The molecule has 0 spiro atoms. The number of nitrogens with zero attached hydrogens (tertiary/aromatic N) is 1. The number of fused-ring (bicyclic) bond motifs is 1. The van der Waals surface area contributed by atoms with Gasteiger partial charge in [-0.3, -0.25) is 9.59 Å². The first-order valence-corrected chi connectivity index (χ1v) is 7.62. The lowest BCUT2D eigenvalue weighted by atomic mass is 10.1. The Balaban J connectivity index is 1.86. The van der Waals surface area contributed by atoms with E-state index in [2.05, 4.69) is 20.6 Å². The van der Waals surface area contributed by atoms with E-state index in [0.29, 0.717) is 21.9 Å². The molecule has 3 N–H and O–H groups in total. The van der Waals surface area contributed by atoms with Crippen LogP contribution in [0, 0.1) is 0 Å². The van der Waals surface area contributed by atoms with Gasteiger partial charge in [0.15, 0.2) is 5.82 Å². The number of halogens is 1. The Morgan fingerprint density at radius 3 is 2.92 bits per heavy atom. The van der Waals surface area contributed by atoms with Gasteiger partial charge >= 0.3 is 0 Å². The molecule has 0 radical (unpaired) electrons. The van der Waals surface area contributed by atoms with E-state index in [9.17, 15) is 9.59 Å². The second-order valence-corrected chi connectivity index (χ2v) is 5.81. The Kier molecular flexibility index (Phi) is 4.26. The molecule has 24 heavy (non-hydrogen) atoms. The maximum atomic E-state index is 12.3. The van der Waals surface area contributed by atoms with Crippen LogP contribution in [0.25, 0.3) is 10.9 Å². The number of benzene rings is 1. The first kappa shape index (κ1) is 16.1. The highest BCUT2D eigenvalue weighted by Crippen LogP contribution is 2.22. The first-order chi connectivity index (χ1) is 11.4. The molecule has 0 fully saturated rings. The third kappa shape index (κ3) is 3.41. The van der Waals surface area contributed by atoms with Gasteiger partial charge in [0, 0.05) is 28.4 Å². The predicted molar refractivity (Wildman–Crippen MR) is 92.4 cm³/mol. The summed E-state index contributed by atoms with van der Waals surface area (Å²) in [4.78, 5) is 30.2. The fourth-order valence-corrected chi connectivity index (χ4v) is 2.54. The number of pyridine rings is 1.